The second-order valence-corrected chi connectivity index (χ2v) is 3.09. The smallest absolute Gasteiger partial charge is 0.111 e. The normalized spacial score (nSPS) is 10.2. The van der Waals surface area contributed by atoms with Crippen LogP contribution in [0.25, 0.3) is 11.1 Å². The highest BCUT2D eigenvalue weighted by molar-refractivity contribution is 5.74. The molecule has 66 valence electrons. The minimum absolute atomic E-state index is 0.811. The van der Waals surface area contributed by atoms with E-state index in [-0.39, 0.29) is 0 Å². The first kappa shape index (κ1) is 7.92. The van der Waals surface area contributed by atoms with Crippen molar-refractivity contribution < 1.29 is 0 Å². The molecule has 0 fully saturated rings. The number of aryl methyl sites for hydroxylation is 1. The van der Waals surface area contributed by atoms with Crippen molar-refractivity contribution >= 4 is 5.82 Å². The highest BCUT2D eigenvalue weighted by Crippen LogP contribution is 2.25. The minimum atomic E-state index is 0.811. The molecular formula is C11H12N2. The topological polar surface area (TPSA) is 30.9 Å². The van der Waals surface area contributed by atoms with Crippen molar-refractivity contribution in [1.82, 2.24) is 4.57 Å². The summed E-state index contributed by atoms with van der Waals surface area (Å²) in [6.07, 6.45) is 1.97. The van der Waals surface area contributed by atoms with E-state index in [9.17, 15) is 0 Å². The lowest BCUT2D eigenvalue weighted by Crippen LogP contribution is -1.95. The zero-order valence-corrected chi connectivity index (χ0v) is 7.57. The molecule has 0 bridgehead atoms. The molecule has 2 nitrogen and oxygen atoms in total. The number of rotatable bonds is 1. The molecule has 1 aromatic carbocycles. The van der Waals surface area contributed by atoms with Crippen LogP contribution < -0.4 is 5.73 Å². The summed E-state index contributed by atoms with van der Waals surface area (Å²) in [6, 6.07) is 12.2. The molecule has 0 spiro atoms. The Bertz CT molecular complexity index is 401. The van der Waals surface area contributed by atoms with Crippen LogP contribution in [0.4, 0.5) is 5.82 Å². The Morgan fingerprint density at radius 2 is 1.77 bits per heavy atom. The number of nitrogens with two attached hydrogens (primary N) is 1. The van der Waals surface area contributed by atoms with Gasteiger partial charge in [-0.05, 0) is 11.6 Å². The maximum Gasteiger partial charge on any atom is 0.111 e. The molecule has 0 amide bonds. The highest BCUT2D eigenvalue weighted by atomic mass is 15.0. The number of nitrogen functional groups attached to an aromatic ring is 1. The maximum absolute atomic E-state index is 5.90. The van der Waals surface area contributed by atoms with Crippen LogP contribution >= 0.6 is 0 Å². The summed E-state index contributed by atoms with van der Waals surface area (Å²) < 4.78 is 1.92. The predicted octanol–water partition coefficient (Wildman–Crippen LogP) is 2.27. The Morgan fingerprint density at radius 3 is 2.31 bits per heavy atom. The standard InChI is InChI=1S/C11H12N2/c1-13-8-7-10(11(13)12)9-5-3-2-4-6-9/h2-8H,12H2,1H3. The maximum atomic E-state index is 5.90. The first-order valence-corrected chi connectivity index (χ1v) is 4.25. The Balaban J connectivity index is 2.53. The van der Waals surface area contributed by atoms with Gasteiger partial charge in [0.05, 0.1) is 0 Å². The minimum Gasteiger partial charge on any atom is -0.385 e. The van der Waals surface area contributed by atoms with Gasteiger partial charge in [0, 0.05) is 18.8 Å². The van der Waals surface area contributed by atoms with Crippen molar-refractivity contribution in [2.24, 2.45) is 7.05 Å². The van der Waals surface area contributed by atoms with Gasteiger partial charge in [-0.3, -0.25) is 0 Å². The van der Waals surface area contributed by atoms with Gasteiger partial charge >= 0.3 is 0 Å². The zero-order valence-electron chi connectivity index (χ0n) is 7.57. The van der Waals surface area contributed by atoms with Crippen LogP contribution in [-0.2, 0) is 7.05 Å². The fourth-order valence-corrected chi connectivity index (χ4v) is 1.40. The van der Waals surface area contributed by atoms with Crippen LogP contribution in [0.5, 0.6) is 0 Å². The van der Waals surface area contributed by atoms with Crippen molar-refractivity contribution in [3.8, 4) is 11.1 Å². The van der Waals surface area contributed by atoms with Crippen molar-refractivity contribution in [3.05, 3.63) is 42.6 Å². The Hall–Kier alpha value is -1.70. The van der Waals surface area contributed by atoms with Crippen LogP contribution in [0.3, 0.4) is 0 Å². The van der Waals surface area contributed by atoms with Crippen molar-refractivity contribution in [2.75, 3.05) is 5.73 Å². The Morgan fingerprint density at radius 1 is 1.08 bits per heavy atom. The van der Waals surface area contributed by atoms with Crippen LogP contribution in [0.15, 0.2) is 42.6 Å². The number of nitrogens with zero attached hydrogens (tertiary/aromatic N) is 1. The number of anilines is 1. The van der Waals surface area contributed by atoms with Crippen LogP contribution in [0, 0.1) is 0 Å². The average Bonchev–Trinajstić information content (AvgIpc) is 2.49. The quantitative estimate of drug-likeness (QED) is 0.702. The summed E-state index contributed by atoms with van der Waals surface area (Å²) in [5.41, 5.74) is 8.16. The average molecular weight is 172 g/mol. The lowest BCUT2D eigenvalue weighted by molar-refractivity contribution is 0.942. The molecule has 2 N–H and O–H groups in total. The molecule has 0 atom stereocenters. The molecule has 0 aliphatic carbocycles. The molecule has 0 unspecified atom stereocenters. The number of aromatic nitrogens is 1. The molecule has 1 aromatic heterocycles. The van der Waals surface area contributed by atoms with Gasteiger partial charge in [0.15, 0.2) is 0 Å². The van der Waals surface area contributed by atoms with Crippen LogP contribution in [0.2, 0.25) is 0 Å². The molecule has 2 aromatic rings. The summed E-state index contributed by atoms with van der Waals surface area (Å²) in [4.78, 5) is 0. The van der Waals surface area contributed by atoms with E-state index in [4.69, 9.17) is 5.73 Å². The Labute approximate surface area is 77.6 Å². The van der Waals surface area contributed by atoms with Crippen LogP contribution in [-0.4, -0.2) is 4.57 Å². The number of benzene rings is 1. The summed E-state index contributed by atoms with van der Waals surface area (Å²) in [6.45, 7) is 0. The molecule has 0 radical (unpaired) electrons. The van der Waals surface area contributed by atoms with E-state index in [0.29, 0.717) is 0 Å². The van der Waals surface area contributed by atoms with E-state index in [1.807, 2.05) is 42.1 Å². The van der Waals surface area contributed by atoms with Crippen molar-refractivity contribution in [3.63, 3.8) is 0 Å². The number of hydrogen-bond donors (Lipinski definition) is 1. The molecule has 1 heterocycles. The van der Waals surface area contributed by atoms with E-state index in [1.165, 1.54) is 5.56 Å². The van der Waals surface area contributed by atoms with E-state index < -0.39 is 0 Å². The van der Waals surface area contributed by atoms with E-state index in [1.54, 1.807) is 0 Å². The molecule has 0 aliphatic rings. The van der Waals surface area contributed by atoms with Gasteiger partial charge in [-0.1, -0.05) is 30.3 Å². The number of hydrogen-bond acceptors (Lipinski definition) is 1. The monoisotopic (exact) mass is 172 g/mol. The fourth-order valence-electron chi connectivity index (χ4n) is 1.40. The second-order valence-electron chi connectivity index (χ2n) is 3.09. The summed E-state index contributed by atoms with van der Waals surface area (Å²) in [5, 5.41) is 0. The van der Waals surface area contributed by atoms with E-state index >= 15 is 0 Å². The van der Waals surface area contributed by atoms with Gasteiger partial charge in [-0.25, -0.2) is 0 Å². The van der Waals surface area contributed by atoms with Gasteiger partial charge in [-0.15, -0.1) is 0 Å². The van der Waals surface area contributed by atoms with E-state index in [2.05, 4.69) is 12.1 Å². The second kappa shape index (κ2) is 2.98. The molecule has 2 rings (SSSR count). The first-order valence-electron chi connectivity index (χ1n) is 4.25. The third-order valence-electron chi connectivity index (χ3n) is 2.21. The van der Waals surface area contributed by atoms with Crippen LogP contribution in [0.1, 0.15) is 0 Å². The lowest BCUT2D eigenvalue weighted by Gasteiger charge is -2.01. The molecular weight excluding hydrogens is 160 g/mol. The zero-order chi connectivity index (χ0) is 9.26. The first-order chi connectivity index (χ1) is 6.29. The SMILES string of the molecule is Cn1ccc(-c2ccccc2)c1N. The van der Waals surface area contributed by atoms with Crippen molar-refractivity contribution in [1.29, 1.82) is 0 Å². The van der Waals surface area contributed by atoms with Crippen molar-refractivity contribution in [2.45, 2.75) is 0 Å². The molecule has 13 heavy (non-hydrogen) atoms. The summed E-state index contributed by atoms with van der Waals surface area (Å²) in [7, 11) is 1.95. The molecule has 2 heteroatoms. The highest BCUT2D eigenvalue weighted by Gasteiger charge is 2.03. The third-order valence-corrected chi connectivity index (χ3v) is 2.21. The summed E-state index contributed by atoms with van der Waals surface area (Å²) in [5.74, 6) is 0.811. The largest absolute Gasteiger partial charge is 0.385 e. The Kier molecular flexibility index (Phi) is 1.81. The lowest BCUT2D eigenvalue weighted by atomic mass is 10.1. The van der Waals surface area contributed by atoms with Gasteiger partial charge < -0.3 is 10.3 Å². The van der Waals surface area contributed by atoms with E-state index in [0.717, 1.165) is 11.4 Å². The summed E-state index contributed by atoms with van der Waals surface area (Å²) >= 11 is 0. The molecule has 0 saturated heterocycles. The fraction of sp³-hybridized carbons (Fsp3) is 0.0909. The van der Waals surface area contributed by atoms with Gasteiger partial charge in [0.2, 0.25) is 0 Å². The molecule has 0 aliphatic heterocycles. The predicted molar refractivity (Wildman–Crippen MR) is 55.3 cm³/mol. The van der Waals surface area contributed by atoms with Gasteiger partial charge in [0.25, 0.3) is 0 Å². The molecule has 0 saturated carbocycles. The third kappa shape index (κ3) is 1.31. The van der Waals surface area contributed by atoms with Gasteiger partial charge in [0.1, 0.15) is 5.82 Å². The van der Waals surface area contributed by atoms with Gasteiger partial charge in [-0.2, -0.15) is 0 Å².